The summed E-state index contributed by atoms with van der Waals surface area (Å²) in [6.07, 6.45) is 0. The van der Waals surface area contributed by atoms with E-state index in [0.717, 1.165) is 0 Å². The lowest BCUT2D eigenvalue weighted by Gasteiger charge is -1.90. The smallest absolute Gasteiger partial charge is 0.205 e. The standard InChI is InChI=1S/C8H9NO2/c1-11-6-3-2-4-7(9)8(10)5-6/h2-5H,1H3,(H2,9,10). The monoisotopic (exact) mass is 151 g/mol. The molecule has 0 heterocycles. The van der Waals surface area contributed by atoms with Crippen LogP contribution in [-0.4, -0.2) is 7.11 Å². The molecule has 2 N–H and O–H groups in total. The number of methoxy groups -OCH3 is 1. The molecule has 0 amide bonds. The zero-order valence-corrected chi connectivity index (χ0v) is 6.20. The topological polar surface area (TPSA) is 52.3 Å². The molecule has 1 aromatic carbocycles. The Labute approximate surface area is 64.4 Å². The average Bonchev–Trinajstić information content (AvgIpc) is 2.15. The molecule has 3 heteroatoms. The zero-order valence-electron chi connectivity index (χ0n) is 6.20. The molecule has 0 radical (unpaired) electrons. The molecule has 0 saturated carbocycles. The van der Waals surface area contributed by atoms with Crippen LogP contribution in [0, 0.1) is 0 Å². The first-order chi connectivity index (χ1) is 5.24. The lowest BCUT2D eigenvalue weighted by atomic mass is 10.4. The van der Waals surface area contributed by atoms with Crippen LogP contribution in [0.25, 0.3) is 0 Å². The summed E-state index contributed by atoms with van der Waals surface area (Å²) in [5, 5.41) is 0. The lowest BCUT2D eigenvalue weighted by Crippen LogP contribution is -2.02. The quantitative estimate of drug-likeness (QED) is 0.640. The fraction of sp³-hybridized carbons (Fsp3) is 0.125. The molecule has 3 nitrogen and oxygen atoms in total. The second kappa shape index (κ2) is 3.05. The average molecular weight is 151 g/mol. The molecule has 1 rings (SSSR count). The van der Waals surface area contributed by atoms with Gasteiger partial charge < -0.3 is 10.5 Å². The highest BCUT2D eigenvalue weighted by molar-refractivity contribution is 5.38. The molecule has 0 fully saturated rings. The van der Waals surface area contributed by atoms with E-state index < -0.39 is 0 Å². The van der Waals surface area contributed by atoms with Crippen molar-refractivity contribution in [2.45, 2.75) is 0 Å². The Balaban J connectivity index is 3.32. The van der Waals surface area contributed by atoms with Gasteiger partial charge >= 0.3 is 0 Å². The van der Waals surface area contributed by atoms with Gasteiger partial charge in [-0.2, -0.15) is 0 Å². The normalized spacial score (nSPS) is 9.18. The SMILES string of the molecule is COc1cccc(N)c(=O)c1. The van der Waals surface area contributed by atoms with Gasteiger partial charge in [-0.25, -0.2) is 0 Å². The molecule has 0 spiro atoms. The third-order valence-corrected chi connectivity index (χ3v) is 1.33. The first kappa shape index (κ1) is 7.60. The van der Waals surface area contributed by atoms with Gasteiger partial charge in [0.2, 0.25) is 5.43 Å². The summed E-state index contributed by atoms with van der Waals surface area (Å²) >= 11 is 0. The third-order valence-electron chi connectivity index (χ3n) is 1.33. The van der Waals surface area contributed by atoms with Crippen molar-refractivity contribution >= 4 is 5.69 Å². The number of hydrogen-bond donors (Lipinski definition) is 1. The highest BCUT2D eigenvalue weighted by atomic mass is 16.5. The van der Waals surface area contributed by atoms with Crippen molar-refractivity contribution in [1.29, 1.82) is 0 Å². The van der Waals surface area contributed by atoms with Gasteiger partial charge in [-0.1, -0.05) is 6.07 Å². The Hall–Kier alpha value is -1.51. The van der Waals surface area contributed by atoms with Crippen LogP contribution in [0.5, 0.6) is 5.75 Å². The predicted molar refractivity (Wildman–Crippen MR) is 43.7 cm³/mol. The minimum Gasteiger partial charge on any atom is -0.497 e. The fourth-order valence-corrected chi connectivity index (χ4v) is 0.716. The second-order valence-electron chi connectivity index (χ2n) is 2.10. The minimum absolute atomic E-state index is 0.216. The van der Waals surface area contributed by atoms with E-state index in [0.29, 0.717) is 5.75 Å². The van der Waals surface area contributed by atoms with E-state index in [1.165, 1.54) is 13.2 Å². The van der Waals surface area contributed by atoms with Gasteiger partial charge in [-0.15, -0.1) is 0 Å². The van der Waals surface area contributed by atoms with E-state index in [4.69, 9.17) is 10.5 Å². The molecule has 0 aromatic heterocycles. The number of rotatable bonds is 1. The molecular formula is C8H9NO2. The molecule has 0 bridgehead atoms. The van der Waals surface area contributed by atoms with E-state index in [2.05, 4.69) is 0 Å². The van der Waals surface area contributed by atoms with Crippen LogP contribution in [-0.2, 0) is 0 Å². The van der Waals surface area contributed by atoms with Crippen LogP contribution in [0.2, 0.25) is 0 Å². The summed E-state index contributed by atoms with van der Waals surface area (Å²) in [6.45, 7) is 0. The Morgan fingerprint density at radius 2 is 2.18 bits per heavy atom. The van der Waals surface area contributed by atoms with Crippen molar-refractivity contribution in [1.82, 2.24) is 0 Å². The summed E-state index contributed by atoms with van der Waals surface area (Å²) in [4.78, 5) is 11.0. The molecule has 0 aliphatic rings. The van der Waals surface area contributed by atoms with Gasteiger partial charge in [0.15, 0.2) is 0 Å². The van der Waals surface area contributed by atoms with Gasteiger partial charge in [0.05, 0.1) is 12.8 Å². The largest absolute Gasteiger partial charge is 0.497 e. The maximum absolute atomic E-state index is 11.0. The molecule has 0 saturated heterocycles. The van der Waals surface area contributed by atoms with Crippen LogP contribution in [0.15, 0.2) is 29.1 Å². The third kappa shape index (κ3) is 1.70. The highest BCUT2D eigenvalue weighted by Crippen LogP contribution is 2.04. The minimum atomic E-state index is -0.216. The Kier molecular flexibility index (Phi) is 2.11. The molecule has 1 aromatic rings. The first-order valence-electron chi connectivity index (χ1n) is 3.18. The molecule has 58 valence electrons. The lowest BCUT2D eigenvalue weighted by molar-refractivity contribution is 0.415. The summed E-state index contributed by atoms with van der Waals surface area (Å²) in [7, 11) is 1.50. The van der Waals surface area contributed by atoms with E-state index >= 15 is 0 Å². The molecular weight excluding hydrogens is 142 g/mol. The van der Waals surface area contributed by atoms with Crippen molar-refractivity contribution in [3.8, 4) is 5.75 Å². The van der Waals surface area contributed by atoms with E-state index in [-0.39, 0.29) is 11.1 Å². The maximum atomic E-state index is 11.0. The van der Waals surface area contributed by atoms with Crippen molar-refractivity contribution in [3.63, 3.8) is 0 Å². The van der Waals surface area contributed by atoms with Gasteiger partial charge in [0.1, 0.15) is 5.75 Å². The molecule has 0 aliphatic heterocycles. The van der Waals surface area contributed by atoms with Gasteiger partial charge in [0, 0.05) is 6.07 Å². The van der Waals surface area contributed by atoms with E-state index in [1.54, 1.807) is 18.2 Å². The predicted octanol–water partition coefficient (Wildman–Crippen LogP) is 0.638. The Morgan fingerprint density at radius 1 is 1.45 bits per heavy atom. The zero-order chi connectivity index (χ0) is 8.27. The first-order valence-corrected chi connectivity index (χ1v) is 3.18. The van der Waals surface area contributed by atoms with Gasteiger partial charge in [0.25, 0.3) is 0 Å². The molecule has 0 unspecified atom stereocenters. The number of nitrogen functional groups attached to an aromatic ring is 1. The van der Waals surface area contributed by atoms with Crippen molar-refractivity contribution in [3.05, 3.63) is 34.5 Å². The molecule has 0 aliphatic carbocycles. The number of nitrogens with two attached hydrogens (primary N) is 1. The van der Waals surface area contributed by atoms with Crippen LogP contribution >= 0.6 is 0 Å². The van der Waals surface area contributed by atoms with Crippen LogP contribution < -0.4 is 15.9 Å². The molecule has 0 atom stereocenters. The number of ether oxygens (including phenoxy) is 1. The number of hydrogen-bond acceptors (Lipinski definition) is 3. The van der Waals surface area contributed by atoms with Crippen LogP contribution in [0.1, 0.15) is 0 Å². The second-order valence-corrected chi connectivity index (χ2v) is 2.10. The summed E-state index contributed by atoms with van der Waals surface area (Å²) in [5.74, 6) is 0.520. The van der Waals surface area contributed by atoms with Gasteiger partial charge in [-0.05, 0) is 12.1 Å². The van der Waals surface area contributed by atoms with Crippen molar-refractivity contribution in [2.24, 2.45) is 0 Å². The Morgan fingerprint density at radius 3 is 2.82 bits per heavy atom. The summed E-state index contributed by atoms with van der Waals surface area (Å²) < 4.78 is 4.85. The van der Waals surface area contributed by atoms with E-state index in [9.17, 15) is 4.79 Å². The van der Waals surface area contributed by atoms with E-state index in [1.807, 2.05) is 0 Å². The van der Waals surface area contributed by atoms with Crippen molar-refractivity contribution in [2.75, 3.05) is 12.8 Å². The fourth-order valence-electron chi connectivity index (χ4n) is 0.716. The summed E-state index contributed by atoms with van der Waals surface area (Å²) in [6, 6.07) is 6.26. The van der Waals surface area contributed by atoms with Crippen LogP contribution in [0.3, 0.4) is 0 Å². The van der Waals surface area contributed by atoms with Crippen LogP contribution in [0.4, 0.5) is 5.69 Å². The highest BCUT2D eigenvalue weighted by Gasteiger charge is 1.91. The Bertz CT molecular complexity index is 309. The maximum Gasteiger partial charge on any atom is 0.205 e. The molecule has 11 heavy (non-hydrogen) atoms. The van der Waals surface area contributed by atoms with Gasteiger partial charge in [-0.3, -0.25) is 4.79 Å². The van der Waals surface area contributed by atoms with Crippen molar-refractivity contribution < 1.29 is 4.74 Å². The summed E-state index contributed by atoms with van der Waals surface area (Å²) in [5.41, 5.74) is 5.37. The number of anilines is 1.